The van der Waals surface area contributed by atoms with Crippen molar-refractivity contribution in [3.05, 3.63) is 54.0 Å². The fourth-order valence-electron chi connectivity index (χ4n) is 2.24. The number of rotatable bonds is 9. The van der Waals surface area contributed by atoms with Crippen molar-refractivity contribution in [1.29, 1.82) is 0 Å². The minimum absolute atomic E-state index is 0. The number of hydrogen-bond acceptors (Lipinski definition) is 4. The number of furan rings is 1. The first-order valence-corrected chi connectivity index (χ1v) is 8.69. The highest BCUT2D eigenvalue weighted by Gasteiger charge is 2.08. The molecule has 148 valence electrons. The first-order valence-electron chi connectivity index (χ1n) is 8.69. The van der Waals surface area contributed by atoms with Crippen molar-refractivity contribution in [2.24, 2.45) is 4.99 Å². The standard InChI is InChI=1S/C19H26N4O3.HI/c1-3-25-12-5-11-21-19(20-2)22-14-15-7-9-16(10-8-15)23-18(24)17-6-4-13-26-17;/h4,6-10,13H,3,5,11-12,14H2,1-2H3,(H,23,24)(H2,20,21,22);1H. The van der Waals surface area contributed by atoms with E-state index in [4.69, 9.17) is 9.15 Å². The van der Waals surface area contributed by atoms with Crippen molar-refractivity contribution >= 4 is 41.5 Å². The molecule has 0 atom stereocenters. The average Bonchev–Trinajstić information content (AvgIpc) is 3.20. The van der Waals surface area contributed by atoms with Gasteiger partial charge in [0.2, 0.25) is 0 Å². The van der Waals surface area contributed by atoms with Gasteiger partial charge in [-0.1, -0.05) is 12.1 Å². The lowest BCUT2D eigenvalue weighted by atomic mass is 10.2. The maximum absolute atomic E-state index is 11.9. The highest BCUT2D eigenvalue weighted by Crippen LogP contribution is 2.11. The van der Waals surface area contributed by atoms with Crippen molar-refractivity contribution in [3.8, 4) is 0 Å². The normalized spacial score (nSPS) is 10.8. The van der Waals surface area contributed by atoms with E-state index < -0.39 is 0 Å². The van der Waals surface area contributed by atoms with E-state index in [0.29, 0.717) is 12.2 Å². The molecule has 0 aliphatic heterocycles. The summed E-state index contributed by atoms with van der Waals surface area (Å²) in [7, 11) is 1.74. The number of anilines is 1. The van der Waals surface area contributed by atoms with Crippen LogP contribution in [0.5, 0.6) is 0 Å². The lowest BCUT2D eigenvalue weighted by molar-refractivity contribution is 0.0996. The van der Waals surface area contributed by atoms with Crippen molar-refractivity contribution < 1.29 is 13.9 Å². The van der Waals surface area contributed by atoms with E-state index in [1.54, 1.807) is 19.2 Å². The Morgan fingerprint density at radius 1 is 1.19 bits per heavy atom. The minimum atomic E-state index is -0.266. The van der Waals surface area contributed by atoms with Crippen molar-refractivity contribution in [3.63, 3.8) is 0 Å². The van der Waals surface area contributed by atoms with Crippen molar-refractivity contribution in [1.82, 2.24) is 10.6 Å². The van der Waals surface area contributed by atoms with Crippen molar-refractivity contribution in [2.75, 3.05) is 32.1 Å². The number of nitrogens with one attached hydrogen (secondary N) is 3. The molecule has 1 aromatic heterocycles. The van der Waals surface area contributed by atoms with E-state index >= 15 is 0 Å². The summed E-state index contributed by atoms with van der Waals surface area (Å²) in [4.78, 5) is 16.1. The first kappa shape index (κ1) is 23.0. The Kier molecular flexibility index (Phi) is 11.2. The summed E-state index contributed by atoms with van der Waals surface area (Å²) in [6, 6.07) is 10.9. The Balaban J connectivity index is 0.00000364. The number of guanidine groups is 1. The molecular weight excluding hydrogens is 459 g/mol. The number of amides is 1. The predicted molar refractivity (Wildman–Crippen MR) is 118 cm³/mol. The number of hydrogen-bond donors (Lipinski definition) is 3. The molecule has 1 aromatic carbocycles. The Morgan fingerprint density at radius 3 is 2.59 bits per heavy atom. The number of carbonyl (C=O) groups excluding carboxylic acids is 1. The van der Waals surface area contributed by atoms with Gasteiger partial charge in [-0.15, -0.1) is 24.0 Å². The largest absolute Gasteiger partial charge is 0.459 e. The molecule has 2 aromatic rings. The molecule has 7 nitrogen and oxygen atoms in total. The van der Waals surface area contributed by atoms with Crippen LogP contribution >= 0.6 is 24.0 Å². The second-order valence-electron chi connectivity index (χ2n) is 5.53. The zero-order valence-electron chi connectivity index (χ0n) is 15.7. The molecule has 0 radical (unpaired) electrons. The quantitative estimate of drug-likeness (QED) is 0.219. The van der Waals surface area contributed by atoms with Crippen LogP contribution < -0.4 is 16.0 Å². The number of carbonyl (C=O) groups is 1. The van der Waals surface area contributed by atoms with Gasteiger partial charge in [-0.25, -0.2) is 0 Å². The van der Waals surface area contributed by atoms with Crippen LogP contribution in [-0.4, -0.2) is 38.7 Å². The van der Waals surface area contributed by atoms with E-state index in [2.05, 4.69) is 20.9 Å². The van der Waals surface area contributed by atoms with Crippen LogP contribution in [0.3, 0.4) is 0 Å². The van der Waals surface area contributed by atoms with E-state index in [0.717, 1.165) is 37.7 Å². The number of benzene rings is 1. The monoisotopic (exact) mass is 486 g/mol. The third kappa shape index (κ3) is 8.44. The van der Waals surface area contributed by atoms with Crippen LogP contribution in [-0.2, 0) is 11.3 Å². The molecular formula is C19H27IN4O3. The number of nitrogens with zero attached hydrogens (tertiary/aromatic N) is 1. The molecule has 0 spiro atoms. The highest BCUT2D eigenvalue weighted by atomic mass is 127. The fourth-order valence-corrected chi connectivity index (χ4v) is 2.24. The van der Waals surface area contributed by atoms with Gasteiger partial charge in [0.15, 0.2) is 11.7 Å². The Hall–Kier alpha value is -2.07. The maximum atomic E-state index is 11.9. The summed E-state index contributed by atoms with van der Waals surface area (Å²) in [5.41, 5.74) is 1.80. The summed E-state index contributed by atoms with van der Waals surface area (Å²) >= 11 is 0. The van der Waals surface area contributed by atoms with Crippen LogP contribution in [0.1, 0.15) is 29.5 Å². The third-order valence-corrected chi connectivity index (χ3v) is 3.60. The molecule has 1 amide bonds. The lowest BCUT2D eigenvalue weighted by Gasteiger charge is -2.12. The van der Waals surface area contributed by atoms with Gasteiger partial charge in [-0.05, 0) is 43.2 Å². The summed E-state index contributed by atoms with van der Waals surface area (Å²) in [6.45, 7) is 4.91. The summed E-state index contributed by atoms with van der Waals surface area (Å²) in [6.07, 6.45) is 2.40. The predicted octanol–water partition coefficient (Wildman–Crippen LogP) is 3.24. The van der Waals surface area contributed by atoms with Crippen LogP contribution in [0.15, 0.2) is 52.1 Å². The molecule has 2 rings (SSSR count). The molecule has 0 fully saturated rings. The van der Waals surface area contributed by atoms with Gasteiger partial charge in [0.1, 0.15) is 0 Å². The highest BCUT2D eigenvalue weighted by molar-refractivity contribution is 14.0. The number of halogens is 1. The smallest absolute Gasteiger partial charge is 0.291 e. The molecule has 1 heterocycles. The lowest BCUT2D eigenvalue weighted by Crippen LogP contribution is -2.37. The Morgan fingerprint density at radius 2 is 1.96 bits per heavy atom. The van der Waals surface area contributed by atoms with Gasteiger partial charge in [-0.2, -0.15) is 0 Å². The van der Waals surface area contributed by atoms with E-state index in [1.165, 1.54) is 6.26 Å². The molecule has 0 aliphatic carbocycles. The van der Waals surface area contributed by atoms with E-state index in [-0.39, 0.29) is 35.6 Å². The zero-order valence-corrected chi connectivity index (χ0v) is 18.0. The van der Waals surface area contributed by atoms with Crippen LogP contribution in [0.25, 0.3) is 0 Å². The van der Waals surface area contributed by atoms with Gasteiger partial charge in [-0.3, -0.25) is 9.79 Å². The number of aliphatic imine (C=N–C) groups is 1. The molecule has 3 N–H and O–H groups in total. The van der Waals surface area contributed by atoms with Gasteiger partial charge < -0.3 is 25.1 Å². The van der Waals surface area contributed by atoms with Crippen molar-refractivity contribution in [2.45, 2.75) is 19.9 Å². The maximum Gasteiger partial charge on any atom is 0.291 e. The summed E-state index contributed by atoms with van der Waals surface area (Å²) < 4.78 is 10.4. The molecule has 0 aliphatic rings. The Bertz CT molecular complexity index is 687. The minimum Gasteiger partial charge on any atom is -0.459 e. The SMILES string of the molecule is CCOCCCNC(=NC)NCc1ccc(NC(=O)c2ccco2)cc1.I. The topological polar surface area (TPSA) is 87.9 Å². The molecule has 0 saturated heterocycles. The van der Waals surface area contributed by atoms with Gasteiger partial charge >= 0.3 is 0 Å². The molecule has 8 heteroatoms. The van der Waals surface area contributed by atoms with E-state index in [9.17, 15) is 4.79 Å². The zero-order chi connectivity index (χ0) is 18.6. The Labute approximate surface area is 177 Å². The van der Waals surface area contributed by atoms with Gasteiger partial charge in [0, 0.05) is 39.0 Å². The van der Waals surface area contributed by atoms with Gasteiger partial charge in [0.05, 0.1) is 6.26 Å². The summed E-state index contributed by atoms with van der Waals surface area (Å²) in [5, 5.41) is 9.29. The van der Waals surface area contributed by atoms with E-state index in [1.807, 2.05) is 31.2 Å². The second kappa shape index (κ2) is 13.2. The van der Waals surface area contributed by atoms with Crippen LogP contribution in [0.2, 0.25) is 0 Å². The third-order valence-electron chi connectivity index (χ3n) is 3.60. The molecule has 0 saturated carbocycles. The fraction of sp³-hybridized carbons (Fsp3) is 0.368. The molecule has 0 bridgehead atoms. The van der Waals surface area contributed by atoms with Crippen LogP contribution in [0.4, 0.5) is 5.69 Å². The molecule has 0 unspecified atom stereocenters. The van der Waals surface area contributed by atoms with Crippen LogP contribution in [0, 0.1) is 0 Å². The summed E-state index contributed by atoms with van der Waals surface area (Å²) in [5.74, 6) is 0.768. The average molecular weight is 486 g/mol. The number of ether oxygens (including phenoxy) is 1. The molecule has 27 heavy (non-hydrogen) atoms. The first-order chi connectivity index (χ1) is 12.7. The van der Waals surface area contributed by atoms with Gasteiger partial charge in [0.25, 0.3) is 5.91 Å². The second-order valence-corrected chi connectivity index (χ2v) is 5.53.